The molecule has 0 amide bonds. The lowest BCUT2D eigenvalue weighted by Crippen LogP contribution is -2.35. The summed E-state index contributed by atoms with van der Waals surface area (Å²) in [5.41, 5.74) is 1.62. The molecule has 1 unspecified atom stereocenters. The van der Waals surface area contributed by atoms with Gasteiger partial charge in [-0.05, 0) is 42.8 Å². The third-order valence-corrected chi connectivity index (χ3v) is 4.39. The fourth-order valence-electron chi connectivity index (χ4n) is 2.56. The first kappa shape index (κ1) is 11.2. The zero-order valence-corrected chi connectivity index (χ0v) is 10.6. The fraction of sp³-hybridized carbons (Fsp3) is 0.692. The van der Waals surface area contributed by atoms with Crippen molar-refractivity contribution in [1.82, 2.24) is 4.90 Å². The van der Waals surface area contributed by atoms with Gasteiger partial charge in [-0.15, -0.1) is 11.3 Å². The average Bonchev–Trinajstić information content (AvgIpc) is 2.73. The molecule has 0 radical (unpaired) electrons. The highest BCUT2D eigenvalue weighted by molar-refractivity contribution is 7.10. The molecule has 2 heterocycles. The van der Waals surface area contributed by atoms with Gasteiger partial charge in [0.05, 0.1) is 0 Å². The molecule has 2 heteroatoms. The molecule has 15 heavy (non-hydrogen) atoms. The van der Waals surface area contributed by atoms with Gasteiger partial charge in [0.2, 0.25) is 0 Å². The van der Waals surface area contributed by atoms with E-state index in [4.69, 9.17) is 0 Å². The Labute approximate surface area is 97.1 Å². The maximum absolute atomic E-state index is 2.68. The number of rotatable bonds is 4. The Bertz CT molecular complexity index is 305. The summed E-state index contributed by atoms with van der Waals surface area (Å²) >= 11 is 1.94. The summed E-state index contributed by atoms with van der Waals surface area (Å²) in [6, 6.07) is 3.04. The first-order chi connectivity index (χ1) is 7.36. The summed E-state index contributed by atoms with van der Waals surface area (Å²) < 4.78 is 0. The lowest BCUT2D eigenvalue weighted by atomic mass is 9.97. The molecule has 0 N–H and O–H groups in total. The van der Waals surface area contributed by atoms with Crippen molar-refractivity contribution in [3.8, 4) is 0 Å². The van der Waals surface area contributed by atoms with Gasteiger partial charge in [0.25, 0.3) is 0 Å². The molecule has 0 aliphatic carbocycles. The first-order valence-corrected chi connectivity index (χ1v) is 7.05. The molecule has 1 aromatic heterocycles. The Morgan fingerprint density at radius 3 is 3.07 bits per heavy atom. The minimum absolute atomic E-state index is 0.701. The first-order valence-electron chi connectivity index (χ1n) is 6.17. The molecule has 0 spiro atoms. The van der Waals surface area contributed by atoms with E-state index in [9.17, 15) is 0 Å². The van der Waals surface area contributed by atoms with Crippen LogP contribution in [0.2, 0.25) is 0 Å². The van der Waals surface area contributed by atoms with E-state index in [1.54, 1.807) is 10.4 Å². The molecule has 0 aromatic carbocycles. The molecule has 0 bridgehead atoms. The Hall–Kier alpha value is -0.340. The Morgan fingerprint density at radius 1 is 1.47 bits per heavy atom. The molecule has 0 saturated carbocycles. The monoisotopic (exact) mass is 223 g/mol. The summed E-state index contributed by atoms with van der Waals surface area (Å²) in [6.45, 7) is 7.15. The predicted molar refractivity (Wildman–Crippen MR) is 67.5 cm³/mol. The van der Waals surface area contributed by atoms with E-state index in [-0.39, 0.29) is 0 Å². The van der Waals surface area contributed by atoms with Crippen LogP contribution in [0.1, 0.15) is 49.6 Å². The molecule has 1 atom stereocenters. The van der Waals surface area contributed by atoms with Crippen LogP contribution in [0.5, 0.6) is 0 Å². The van der Waals surface area contributed by atoms with Crippen LogP contribution in [0, 0.1) is 0 Å². The van der Waals surface area contributed by atoms with Gasteiger partial charge in [-0.1, -0.05) is 20.3 Å². The van der Waals surface area contributed by atoms with Gasteiger partial charge in [-0.3, -0.25) is 4.90 Å². The van der Waals surface area contributed by atoms with Crippen molar-refractivity contribution >= 4 is 11.3 Å². The highest BCUT2D eigenvalue weighted by atomic mass is 32.1. The van der Waals surface area contributed by atoms with Crippen LogP contribution >= 0.6 is 11.3 Å². The predicted octanol–water partition coefficient (Wildman–Crippen LogP) is 3.86. The second kappa shape index (κ2) is 5.13. The van der Waals surface area contributed by atoms with E-state index in [1.165, 1.54) is 38.8 Å². The second-order valence-corrected chi connectivity index (χ2v) is 5.36. The molecule has 1 aliphatic rings. The lowest BCUT2D eigenvalue weighted by Gasteiger charge is -2.35. The average molecular weight is 223 g/mol. The van der Waals surface area contributed by atoms with Crippen LogP contribution in [-0.4, -0.2) is 18.0 Å². The quantitative estimate of drug-likeness (QED) is 0.749. The summed E-state index contributed by atoms with van der Waals surface area (Å²) in [6.07, 6.45) is 5.18. The van der Waals surface area contributed by atoms with Gasteiger partial charge in [0.15, 0.2) is 0 Å². The molecule has 0 fully saturated rings. The van der Waals surface area contributed by atoms with Crippen LogP contribution in [-0.2, 0) is 6.42 Å². The Morgan fingerprint density at radius 2 is 2.33 bits per heavy atom. The molecule has 84 valence electrons. The van der Waals surface area contributed by atoms with Gasteiger partial charge in [0.1, 0.15) is 0 Å². The molecule has 1 nitrogen and oxygen atoms in total. The third-order valence-electron chi connectivity index (χ3n) is 3.39. The number of unbranched alkanes of at least 4 members (excludes halogenated alkanes) is 1. The molecule has 2 rings (SSSR count). The van der Waals surface area contributed by atoms with Crippen LogP contribution in [0.25, 0.3) is 0 Å². The molecule has 1 aliphatic heterocycles. The van der Waals surface area contributed by atoms with Crippen LogP contribution in [0.3, 0.4) is 0 Å². The van der Waals surface area contributed by atoms with Crippen molar-refractivity contribution in [3.05, 3.63) is 21.9 Å². The Balaban J connectivity index is 2.10. The molecule has 1 aromatic rings. The van der Waals surface area contributed by atoms with Crippen LogP contribution < -0.4 is 0 Å². The molecular formula is C13H21NS. The maximum atomic E-state index is 2.68. The highest BCUT2D eigenvalue weighted by Crippen LogP contribution is 2.35. The van der Waals surface area contributed by atoms with Gasteiger partial charge >= 0.3 is 0 Å². The van der Waals surface area contributed by atoms with Crippen molar-refractivity contribution in [2.75, 3.05) is 13.1 Å². The van der Waals surface area contributed by atoms with Gasteiger partial charge in [-0.25, -0.2) is 0 Å². The maximum Gasteiger partial charge on any atom is 0.0356 e. The van der Waals surface area contributed by atoms with Gasteiger partial charge < -0.3 is 0 Å². The zero-order valence-electron chi connectivity index (χ0n) is 9.83. The zero-order chi connectivity index (χ0) is 10.7. The van der Waals surface area contributed by atoms with Crippen molar-refractivity contribution in [3.63, 3.8) is 0 Å². The minimum Gasteiger partial charge on any atom is -0.296 e. The highest BCUT2D eigenvalue weighted by Gasteiger charge is 2.25. The standard InChI is InChI=1S/C13H21NS/c1-3-5-8-14-9-6-13-11(7-10-15-13)12(14)4-2/h7,10,12H,3-6,8-9H2,1-2H3. The minimum atomic E-state index is 0.701. The van der Waals surface area contributed by atoms with Gasteiger partial charge in [-0.2, -0.15) is 0 Å². The second-order valence-electron chi connectivity index (χ2n) is 4.36. The number of thiophene rings is 1. The van der Waals surface area contributed by atoms with Crippen molar-refractivity contribution in [1.29, 1.82) is 0 Å². The Kier molecular flexibility index (Phi) is 3.81. The van der Waals surface area contributed by atoms with E-state index < -0.39 is 0 Å². The molecule has 0 saturated heterocycles. The van der Waals surface area contributed by atoms with Crippen molar-refractivity contribution < 1.29 is 0 Å². The number of fused-ring (bicyclic) bond motifs is 1. The topological polar surface area (TPSA) is 3.24 Å². The summed E-state index contributed by atoms with van der Waals surface area (Å²) in [5, 5.41) is 2.26. The van der Waals surface area contributed by atoms with E-state index in [0.29, 0.717) is 6.04 Å². The normalized spacial score (nSPS) is 21.6. The largest absolute Gasteiger partial charge is 0.296 e. The number of hydrogen-bond donors (Lipinski definition) is 0. The van der Waals surface area contributed by atoms with Crippen LogP contribution in [0.15, 0.2) is 11.4 Å². The van der Waals surface area contributed by atoms with E-state index in [1.807, 2.05) is 11.3 Å². The van der Waals surface area contributed by atoms with Crippen molar-refractivity contribution in [2.24, 2.45) is 0 Å². The third kappa shape index (κ3) is 2.26. The SMILES string of the molecule is CCCCN1CCc2sccc2C1CC. The van der Waals surface area contributed by atoms with E-state index >= 15 is 0 Å². The number of hydrogen-bond acceptors (Lipinski definition) is 2. The fourth-order valence-corrected chi connectivity index (χ4v) is 3.48. The summed E-state index contributed by atoms with van der Waals surface area (Å²) in [7, 11) is 0. The smallest absolute Gasteiger partial charge is 0.0356 e. The molecular weight excluding hydrogens is 202 g/mol. The lowest BCUT2D eigenvalue weighted by molar-refractivity contribution is 0.179. The number of nitrogens with zero attached hydrogens (tertiary/aromatic N) is 1. The summed E-state index contributed by atoms with van der Waals surface area (Å²) in [5.74, 6) is 0. The van der Waals surface area contributed by atoms with E-state index in [2.05, 4.69) is 30.2 Å². The van der Waals surface area contributed by atoms with E-state index in [0.717, 1.165) is 0 Å². The summed E-state index contributed by atoms with van der Waals surface area (Å²) in [4.78, 5) is 4.31. The van der Waals surface area contributed by atoms with Gasteiger partial charge in [0, 0.05) is 17.5 Å². The van der Waals surface area contributed by atoms with Crippen LogP contribution in [0.4, 0.5) is 0 Å². The van der Waals surface area contributed by atoms with Crippen molar-refractivity contribution in [2.45, 2.75) is 45.6 Å².